The zero-order valence-corrected chi connectivity index (χ0v) is 15.6. The van der Waals surface area contributed by atoms with Gasteiger partial charge in [-0.05, 0) is 30.3 Å². The van der Waals surface area contributed by atoms with Crippen LogP contribution < -0.4 is 20.1 Å². The van der Waals surface area contributed by atoms with E-state index in [0.717, 1.165) is 5.69 Å². The molecule has 0 spiro atoms. The molecule has 0 bridgehead atoms. The fourth-order valence-corrected chi connectivity index (χ4v) is 2.75. The minimum absolute atomic E-state index is 0.359. The third kappa shape index (κ3) is 4.09. The predicted molar refractivity (Wildman–Crippen MR) is 105 cm³/mol. The van der Waals surface area contributed by atoms with E-state index in [1.165, 1.54) is 0 Å². The van der Waals surface area contributed by atoms with Gasteiger partial charge in [-0.1, -0.05) is 29.3 Å². The monoisotopic (exact) mass is 390 g/mol. The zero-order valence-electron chi connectivity index (χ0n) is 14.1. The standard InChI is InChI=1S/C18H16Cl2N4O2/c1-25-11-6-7-14(15(10-11)26-2)22-16-8-9-21-18(23-16)24-17-12(19)4-3-5-13(17)20/h3-10H,1-2H3,(H2,21,22,23,24). The molecular formula is C18H16Cl2N4O2. The molecule has 0 atom stereocenters. The van der Waals surface area contributed by atoms with Gasteiger partial charge in [0, 0.05) is 12.3 Å². The van der Waals surface area contributed by atoms with Crippen LogP contribution in [-0.2, 0) is 0 Å². The summed E-state index contributed by atoms with van der Waals surface area (Å²) in [6.07, 6.45) is 1.62. The van der Waals surface area contributed by atoms with Crippen molar-refractivity contribution in [1.29, 1.82) is 0 Å². The summed E-state index contributed by atoms with van der Waals surface area (Å²) in [5.41, 5.74) is 1.30. The summed E-state index contributed by atoms with van der Waals surface area (Å²) >= 11 is 12.3. The van der Waals surface area contributed by atoms with Crippen LogP contribution >= 0.6 is 23.2 Å². The van der Waals surface area contributed by atoms with Crippen molar-refractivity contribution in [3.63, 3.8) is 0 Å². The Balaban J connectivity index is 1.84. The number of halogens is 2. The fourth-order valence-electron chi connectivity index (χ4n) is 2.26. The molecule has 3 rings (SSSR count). The molecule has 0 fully saturated rings. The van der Waals surface area contributed by atoms with Crippen LogP contribution in [0.15, 0.2) is 48.7 Å². The van der Waals surface area contributed by atoms with E-state index in [0.29, 0.717) is 39.0 Å². The maximum absolute atomic E-state index is 6.17. The molecule has 0 amide bonds. The second-order valence-electron chi connectivity index (χ2n) is 5.18. The number of aromatic nitrogens is 2. The number of ether oxygens (including phenoxy) is 2. The summed E-state index contributed by atoms with van der Waals surface area (Å²) in [6, 6.07) is 12.4. The lowest BCUT2D eigenvalue weighted by atomic mass is 10.2. The van der Waals surface area contributed by atoms with Gasteiger partial charge in [0.2, 0.25) is 5.95 Å². The van der Waals surface area contributed by atoms with Crippen molar-refractivity contribution in [3.05, 3.63) is 58.7 Å². The van der Waals surface area contributed by atoms with Gasteiger partial charge in [0.05, 0.1) is 35.6 Å². The normalized spacial score (nSPS) is 10.3. The van der Waals surface area contributed by atoms with Crippen LogP contribution in [0, 0.1) is 0 Å². The second kappa shape index (κ2) is 8.12. The topological polar surface area (TPSA) is 68.3 Å². The van der Waals surface area contributed by atoms with Crippen molar-refractivity contribution >= 4 is 46.3 Å². The summed E-state index contributed by atoms with van der Waals surface area (Å²) in [7, 11) is 3.19. The van der Waals surface area contributed by atoms with Gasteiger partial charge < -0.3 is 20.1 Å². The molecule has 2 aromatic carbocycles. The van der Waals surface area contributed by atoms with E-state index in [4.69, 9.17) is 32.7 Å². The van der Waals surface area contributed by atoms with Crippen molar-refractivity contribution in [2.45, 2.75) is 0 Å². The number of benzene rings is 2. The molecule has 0 saturated heterocycles. The molecule has 0 aliphatic rings. The molecule has 26 heavy (non-hydrogen) atoms. The first-order chi connectivity index (χ1) is 12.6. The number of rotatable bonds is 6. The van der Waals surface area contributed by atoms with Crippen LogP contribution in [0.4, 0.5) is 23.1 Å². The molecule has 8 heteroatoms. The van der Waals surface area contributed by atoms with Gasteiger partial charge in [-0.3, -0.25) is 0 Å². The lowest BCUT2D eigenvalue weighted by Crippen LogP contribution is -2.02. The SMILES string of the molecule is COc1ccc(Nc2ccnc(Nc3c(Cl)cccc3Cl)n2)c(OC)c1. The maximum atomic E-state index is 6.17. The van der Waals surface area contributed by atoms with E-state index in [2.05, 4.69) is 20.6 Å². The average Bonchev–Trinajstić information content (AvgIpc) is 2.65. The van der Waals surface area contributed by atoms with E-state index in [-0.39, 0.29) is 0 Å². The van der Waals surface area contributed by atoms with Crippen LogP contribution in [0.2, 0.25) is 10.0 Å². The lowest BCUT2D eigenvalue weighted by Gasteiger charge is -2.13. The third-order valence-corrected chi connectivity index (χ3v) is 4.16. The van der Waals surface area contributed by atoms with E-state index >= 15 is 0 Å². The maximum Gasteiger partial charge on any atom is 0.229 e. The smallest absolute Gasteiger partial charge is 0.229 e. The van der Waals surface area contributed by atoms with Crippen LogP contribution in [-0.4, -0.2) is 24.2 Å². The molecule has 134 valence electrons. The van der Waals surface area contributed by atoms with Crippen LogP contribution in [0.3, 0.4) is 0 Å². The predicted octanol–water partition coefficient (Wildman–Crippen LogP) is 5.29. The Morgan fingerprint density at radius 2 is 1.69 bits per heavy atom. The molecule has 0 aliphatic heterocycles. The number of para-hydroxylation sites is 1. The number of anilines is 4. The third-order valence-electron chi connectivity index (χ3n) is 3.53. The Labute approximate surface area is 161 Å². The minimum atomic E-state index is 0.359. The first-order valence-corrected chi connectivity index (χ1v) is 8.39. The summed E-state index contributed by atoms with van der Waals surface area (Å²) in [6.45, 7) is 0. The van der Waals surface area contributed by atoms with Gasteiger partial charge in [0.1, 0.15) is 17.3 Å². The highest BCUT2D eigenvalue weighted by molar-refractivity contribution is 6.39. The van der Waals surface area contributed by atoms with Crippen molar-refractivity contribution in [3.8, 4) is 11.5 Å². The van der Waals surface area contributed by atoms with Crippen molar-refractivity contribution < 1.29 is 9.47 Å². The number of hydrogen-bond donors (Lipinski definition) is 2. The Morgan fingerprint density at radius 1 is 0.923 bits per heavy atom. The van der Waals surface area contributed by atoms with Gasteiger partial charge in [-0.2, -0.15) is 4.98 Å². The fraction of sp³-hybridized carbons (Fsp3) is 0.111. The molecule has 1 aromatic heterocycles. The Bertz CT molecular complexity index is 901. The quantitative estimate of drug-likeness (QED) is 0.595. The molecule has 0 unspecified atom stereocenters. The molecular weight excluding hydrogens is 375 g/mol. The molecule has 0 saturated carbocycles. The Morgan fingerprint density at radius 3 is 2.38 bits per heavy atom. The molecule has 2 N–H and O–H groups in total. The van der Waals surface area contributed by atoms with Crippen molar-refractivity contribution in [2.75, 3.05) is 24.9 Å². The van der Waals surface area contributed by atoms with Crippen molar-refractivity contribution in [1.82, 2.24) is 9.97 Å². The molecule has 6 nitrogen and oxygen atoms in total. The Hall–Kier alpha value is -2.70. The molecule has 3 aromatic rings. The average molecular weight is 391 g/mol. The molecule has 0 radical (unpaired) electrons. The van der Waals surface area contributed by atoms with Gasteiger partial charge >= 0.3 is 0 Å². The van der Waals surface area contributed by atoms with E-state index in [9.17, 15) is 0 Å². The zero-order chi connectivity index (χ0) is 18.5. The van der Waals surface area contributed by atoms with Gasteiger partial charge in [-0.15, -0.1) is 0 Å². The largest absolute Gasteiger partial charge is 0.497 e. The lowest BCUT2D eigenvalue weighted by molar-refractivity contribution is 0.395. The first-order valence-electron chi connectivity index (χ1n) is 7.64. The highest BCUT2D eigenvalue weighted by Crippen LogP contribution is 2.33. The summed E-state index contributed by atoms with van der Waals surface area (Å²) < 4.78 is 10.6. The number of methoxy groups -OCH3 is 2. The number of nitrogens with one attached hydrogen (secondary N) is 2. The minimum Gasteiger partial charge on any atom is -0.497 e. The number of hydrogen-bond acceptors (Lipinski definition) is 6. The van der Waals surface area contributed by atoms with Crippen LogP contribution in [0.5, 0.6) is 11.5 Å². The van der Waals surface area contributed by atoms with Gasteiger partial charge in [0.25, 0.3) is 0 Å². The van der Waals surface area contributed by atoms with Gasteiger partial charge in [0.15, 0.2) is 0 Å². The second-order valence-corrected chi connectivity index (χ2v) is 5.99. The molecule has 0 aliphatic carbocycles. The highest BCUT2D eigenvalue weighted by Gasteiger charge is 2.09. The van der Waals surface area contributed by atoms with E-state index < -0.39 is 0 Å². The number of nitrogens with zero attached hydrogens (tertiary/aromatic N) is 2. The van der Waals surface area contributed by atoms with Crippen molar-refractivity contribution in [2.24, 2.45) is 0 Å². The Kier molecular flexibility index (Phi) is 5.65. The summed E-state index contributed by atoms with van der Waals surface area (Å²) in [5.74, 6) is 2.27. The van der Waals surface area contributed by atoms with Crippen LogP contribution in [0.25, 0.3) is 0 Å². The summed E-state index contributed by atoms with van der Waals surface area (Å²) in [5, 5.41) is 7.19. The van der Waals surface area contributed by atoms with Gasteiger partial charge in [-0.25, -0.2) is 4.98 Å². The first kappa shape index (κ1) is 18.1. The van der Waals surface area contributed by atoms with E-state index in [1.807, 2.05) is 12.1 Å². The summed E-state index contributed by atoms with van der Waals surface area (Å²) in [4.78, 5) is 8.62. The van der Waals surface area contributed by atoms with E-state index in [1.54, 1.807) is 50.7 Å². The molecule has 1 heterocycles. The van der Waals surface area contributed by atoms with Crippen LogP contribution in [0.1, 0.15) is 0 Å². The highest BCUT2D eigenvalue weighted by atomic mass is 35.5.